The highest BCUT2D eigenvalue weighted by atomic mass is 16.5. The van der Waals surface area contributed by atoms with E-state index in [4.69, 9.17) is 0 Å². The van der Waals surface area contributed by atoms with Gasteiger partial charge in [-0.1, -0.05) is 6.92 Å². The molecule has 16 heavy (non-hydrogen) atoms. The van der Waals surface area contributed by atoms with Gasteiger partial charge in [0.05, 0.1) is 13.5 Å². The number of esters is 1. The van der Waals surface area contributed by atoms with Gasteiger partial charge in [-0.05, 0) is 25.9 Å². The Kier molecular flexibility index (Phi) is 4.73. The number of amides is 1. The number of piperidine rings is 1. The zero-order valence-electron chi connectivity index (χ0n) is 9.97. The van der Waals surface area contributed by atoms with E-state index in [1.165, 1.54) is 7.11 Å². The Bertz CT molecular complexity index is 260. The highest BCUT2D eigenvalue weighted by Crippen LogP contribution is 2.27. The van der Waals surface area contributed by atoms with E-state index in [0.717, 1.165) is 25.9 Å². The molecule has 5 nitrogen and oxygen atoms in total. The average Bonchev–Trinajstić information content (AvgIpc) is 2.29. The van der Waals surface area contributed by atoms with Gasteiger partial charge in [-0.15, -0.1) is 0 Å². The van der Waals surface area contributed by atoms with Gasteiger partial charge in [0.25, 0.3) is 0 Å². The fraction of sp³-hybridized carbons (Fsp3) is 0.818. The van der Waals surface area contributed by atoms with Crippen molar-refractivity contribution in [1.29, 1.82) is 0 Å². The van der Waals surface area contributed by atoms with Gasteiger partial charge in [-0.3, -0.25) is 9.59 Å². The third-order valence-corrected chi connectivity index (χ3v) is 3.10. The van der Waals surface area contributed by atoms with Crippen LogP contribution in [0.1, 0.15) is 26.2 Å². The minimum absolute atomic E-state index is 0.0397. The molecule has 0 bridgehead atoms. The van der Waals surface area contributed by atoms with Gasteiger partial charge in [0, 0.05) is 12.0 Å². The number of hydrogen-bond donors (Lipinski definition) is 2. The monoisotopic (exact) mass is 228 g/mol. The summed E-state index contributed by atoms with van der Waals surface area (Å²) >= 11 is 0. The van der Waals surface area contributed by atoms with Crippen LogP contribution in [0.3, 0.4) is 0 Å². The van der Waals surface area contributed by atoms with E-state index in [1.54, 1.807) is 0 Å². The molecule has 0 aromatic rings. The fourth-order valence-electron chi connectivity index (χ4n) is 1.80. The summed E-state index contributed by atoms with van der Waals surface area (Å²) in [4.78, 5) is 22.8. The maximum Gasteiger partial charge on any atom is 0.307 e. The van der Waals surface area contributed by atoms with Crippen LogP contribution in [0.15, 0.2) is 0 Å². The molecule has 1 amide bonds. The van der Waals surface area contributed by atoms with Crippen LogP contribution in [-0.4, -0.2) is 38.6 Å². The van der Waals surface area contributed by atoms with Crippen molar-refractivity contribution in [3.05, 3.63) is 0 Å². The number of methoxy groups -OCH3 is 1. The first-order valence-electron chi connectivity index (χ1n) is 5.64. The molecule has 0 unspecified atom stereocenters. The van der Waals surface area contributed by atoms with Crippen LogP contribution in [0.5, 0.6) is 0 Å². The van der Waals surface area contributed by atoms with E-state index in [1.807, 2.05) is 6.92 Å². The molecule has 1 rings (SSSR count). The third kappa shape index (κ3) is 3.48. The highest BCUT2D eigenvalue weighted by molar-refractivity contribution is 5.82. The predicted octanol–water partition coefficient (Wildman–Crippen LogP) is 0.0554. The van der Waals surface area contributed by atoms with Crippen molar-refractivity contribution in [2.24, 2.45) is 5.41 Å². The van der Waals surface area contributed by atoms with E-state index >= 15 is 0 Å². The quantitative estimate of drug-likeness (QED) is 0.667. The SMILES string of the molecule is COC(=O)CCNC(=O)C1(C)CCNCC1. The molecule has 92 valence electrons. The number of carbonyl (C=O) groups is 2. The van der Waals surface area contributed by atoms with Crippen LogP contribution in [0.25, 0.3) is 0 Å². The van der Waals surface area contributed by atoms with Crippen LogP contribution in [0.4, 0.5) is 0 Å². The zero-order valence-corrected chi connectivity index (χ0v) is 9.97. The summed E-state index contributed by atoms with van der Waals surface area (Å²) in [5, 5.41) is 6.01. The van der Waals surface area contributed by atoms with Crippen molar-refractivity contribution in [2.45, 2.75) is 26.2 Å². The zero-order chi connectivity index (χ0) is 12.0. The van der Waals surface area contributed by atoms with E-state index in [2.05, 4.69) is 15.4 Å². The van der Waals surface area contributed by atoms with Crippen molar-refractivity contribution < 1.29 is 14.3 Å². The average molecular weight is 228 g/mol. The Morgan fingerprint density at radius 2 is 2.00 bits per heavy atom. The lowest BCUT2D eigenvalue weighted by Gasteiger charge is -2.32. The lowest BCUT2D eigenvalue weighted by molar-refractivity contribution is -0.140. The van der Waals surface area contributed by atoms with E-state index < -0.39 is 0 Å². The molecule has 0 saturated carbocycles. The maximum atomic E-state index is 11.9. The second-order valence-electron chi connectivity index (χ2n) is 4.39. The Hall–Kier alpha value is -1.10. The van der Waals surface area contributed by atoms with Gasteiger partial charge in [0.15, 0.2) is 0 Å². The molecule has 0 aromatic carbocycles. The molecular formula is C11H20N2O3. The van der Waals surface area contributed by atoms with Gasteiger partial charge in [0.1, 0.15) is 0 Å². The molecule has 0 radical (unpaired) electrons. The number of nitrogens with one attached hydrogen (secondary N) is 2. The number of ether oxygens (including phenoxy) is 1. The summed E-state index contributed by atoms with van der Waals surface area (Å²) in [5.74, 6) is -0.256. The van der Waals surface area contributed by atoms with Crippen molar-refractivity contribution in [2.75, 3.05) is 26.7 Å². The van der Waals surface area contributed by atoms with Crippen molar-refractivity contribution in [3.8, 4) is 0 Å². The van der Waals surface area contributed by atoms with E-state index in [0.29, 0.717) is 6.54 Å². The third-order valence-electron chi connectivity index (χ3n) is 3.10. The largest absolute Gasteiger partial charge is 0.469 e. The molecule has 1 heterocycles. The van der Waals surface area contributed by atoms with Crippen molar-refractivity contribution >= 4 is 11.9 Å². The Morgan fingerprint density at radius 1 is 1.38 bits per heavy atom. The smallest absolute Gasteiger partial charge is 0.307 e. The van der Waals surface area contributed by atoms with Crippen LogP contribution >= 0.6 is 0 Å². The first-order chi connectivity index (χ1) is 7.58. The first-order valence-corrected chi connectivity index (χ1v) is 5.64. The lowest BCUT2D eigenvalue weighted by Crippen LogP contribution is -2.46. The lowest BCUT2D eigenvalue weighted by atomic mass is 9.80. The molecular weight excluding hydrogens is 208 g/mol. The van der Waals surface area contributed by atoms with Crippen LogP contribution in [-0.2, 0) is 14.3 Å². The summed E-state index contributed by atoms with van der Waals surface area (Å²) < 4.78 is 4.50. The number of hydrogen-bond acceptors (Lipinski definition) is 4. The molecule has 0 spiro atoms. The van der Waals surface area contributed by atoms with Crippen molar-refractivity contribution in [1.82, 2.24) is 10.6 Å². The molecule has 1 fully saturated rings. The molecule has 1 aliphatic heterocycles. The van der Waals surface area contributed by atoms with Crippen LogP contribution in [0.2, 0.25) is 0 Å². The molecule has 0 aliphatic carbocycles. The summed E-state index contributed by atoms with van der Waals surface area (Å²) in [6, 6.07) is 0. The molecule has 5 heteroatoms. The minimum atomic E-state index is -0.296. The van der Waals surface area contributed by atoms with Crippen LogP contribution < -0.4 is 10.6 Å². The number of carbonyl (C=O) groups excluding carboxylic acids is 2. The van der Waals surface area contributed by atoms with Gasteiger partial charge < -0.3 is 15.4 Å². The summed E-state index contributed by atoms with van der Waals surface area (Å²) in [5.41, 5.74) is -0.290. The first kappa shape index (κ1) is 13.0. The Balaban J connectivity index is 2.31. The summed E-state index contributed by atoms with van der Waals surface area (Å²) in [6.07, 6.45) is 1.92. The van der Waals surface area contributed by atoms with Gasteiger partial charge in [0.2, 0.25) is 5.91 Å². The topological polar surface area (TPSA) is 67.4 Å². The second-order valence-corrected chi connectivity index (χ2v) is 4.39. The molecule has 1 saturated heterocycles. The highest BCUT2D eigenvalue weighted by Gasteiger charge is 2.34. The molecule has 0 atom stereocenters. The summed E-state index contributed by atoms with van der Waals surface area (Å²) in [6.45, 7) is 4.08. The fourth-order valence-corrected chi connectivity index (χ4v) is 1.80. The normalized spacial score (nSPS) is 18.9. The van der Waals surface area contributed by atoms with Gasteiger partial charge in [-0.2, -0.15) is 0 Å². The van der Waals surface area contributed by atoms with Crippen LogP contribution in [0, 0.1) is 5.41 Å². The minimum Gasteiger partial charge on any atom is -0.469 e. The molecule has 1 aliphatic rings. The standard InChI is InChI=1S/C11H20N2O3/c1-11(4-7-12-8-5-11)10(15)13-6-3-9(14)16-2/h12H,3-8H2,1-2H3,(H,13,15). The Labute approximate surface area is 95.9 Å². The summed E-state index contributed by atoms with van der Waals surface area (Å²) in [7, 11) is 1.35. The van der Waals surface area contributed by atoms with Gasteiger partial charge in [-0.25, -0.2) is 0 Å². The molecule has 2 N–H and O–H groups in total. The molecule has 0 aromatic heterocycles. The maximum absolute atomic E-state index is 11.9. The van der Waals surface area contributed by atoms with E-state index in [-0.39, 0.29) is 23.7 Å². The predicted molar refractivity (Wildman–Crippen MR) is 59.9 cm³/mol. The second kappa shape index (κ2) is 5.84. The van der Waals surface area contributed by atoms with E-state index in [9.17, 15) is 9.59 Å². The Morgan fingerprint density at radius 3 is 2.56 bits per heavy atom. The van der Waals surface area contributed by atoms with Gasteiger partial charge >= 0.3 is 5.97 Å². The van der Waals surface area contributed by atoms with Crippen molar-refractivity contribution in [3.63, 3.8) is 0 Å². The number of rotatable bonds is 4.